The standard InChI is InChI=1S/C13H22O2/c1-9(2)13-6-4-12(3,5-7-13)10(8-13)11(14)15/h9-10H,4-8H2,1-3H3,(H,14,15). The van der Waals surface area contributed by atoms with E-state index in [0.717, 1.165) is 19.3 Å². The average molecular weight is 210 g/mol. The number of carboxylic acids is 1. The van der Waals surface area contributed by atoms with Crippen LogP contribution in [0.4, 0.5) is 0 Å². The van der Waals surface area contributed by atoms with Crippen LogP contribution in [0.15, 0.2) is 0 Å². The molecule has 3 rings (SSSR count). The molecule has 0 spiro atoms. The third-order valence-electron chi connectivity index (χ3n) is 5.36. The van der Waals surface area contributed by atoms with E-state index in [1.165, 1.54) is 12.8 Å². The molecule has 3 aliphatic carbocycles. The van der Waals surface area contributed by atoms with E-state index in [4.69, 9.17) is 0 Å². The van der Waals surface area contributed by atoms with Gasteiger partial charge in [-0.1, -0.05) is 20.8 Å². The molecule has 2 bridgehead atoms. The van der Waals surface area contributed by atoms with Crippen LogP contribution in [-0.2, 0) is 4.79 Å². The highest BCUT2D eigenvalue weighted by Crippen LogP contribution is 2.62. The number of aliphatic carboxylic acids is 1. The summed E-state index contributed by atoms with van der Waals surface area (Å²) in [6.45, 7) is 6.69. The van der Waals surface area contributed by atoms with Gasteiger partial charge in [-0.3, -0.25) is 4.79 Å². The second-order valence-electron chi connectivity index (χ2n) is 6.27. The van der Waals surface area contributed by atoms with Gasteiger partial charge in [-0.25, -0.2) is 0 Å². The molecular weight excluding hydrogens is 188 g/mol. The number of hydrogen-bond donors (Lipinski definition) is 1. The van der Waals surface area contributed by atoms with Crippen LogP contribution in [0.25, 0.3) is 0 Å². The first kappa shape index (κ1) is 11.0. The Morgan fingerprint density at radius 1 is 1.27 bits per heavy atom. The fourth-order valence-electron chi connectivity index (χ4n) is 3.72. The zero-order valence-electron chi connectivity index (χ0n) is 10.0. The van der Waals surface area contributed by atoms with Crippen LogP contribution in [0, 0.1) is 22.7 Å². The van der Waals surface area contributed by atoms with Gasteiger partial charge in [0, 0.05) is 0 Å². The summed E-state index contributed by atoms with van der Waals surface area (Å²) < 4.78 is 0. The molecule has 0 aromatic heterocycles. The van der Waals surface area contributed by atoms with Crippen molar-refractivity contribution in [1.82, 2.24) is 0 Å². The van der Waals surface area contributed by atoms with Crippen LogP contribution in [0.1, 0.15) is 52.9 Å². The minimum absolute atomic E-state index is 0.0858. The Morgan fingerprint density at radius 3 is 2.20 bits per heavy atom. The van der Waals surface area contributed by atoms with Crippen LogP contribution in [-0.4, -0.2) is 11.1 Å². The van der Waals surface area contributed by atoms with E-state index in [1.54, 1.807) is 0 Å². The van der Waals surface area contributed by atoms with Crippen LogP contribution in [0.5, 0.6) is 0 Å². The molecule has 0 radical (unpaired) electrons. The third-order valence-corrected chi connectivity index (χ3v) is 5.36. The van der Waals surface area contributed by atoms with Crippen LogP contribution in [0.2, 0.25) is 0 Å². The highest BCUT2D eigenvalue weighted by Gasteiger charge is 2.55. The normalized spacial score (nSPS) is 44.7. The minimum atomic E-state index is -0.568. The van der Waals surface area contributed by atoms with Gasteiger partial charge in [0.1, 0.15) is 0 Å². The SMILES string of the molecule is CC(C)C12CCC(C)(CC1)C(C(=O)O)C2. The molecule has 0 aromatic carbocycles. The molecule has 86 valence electrons. The van der Waals surface area contributed by atoms with Gasteiger partial charge >= 0.3 is 5.97 Å². The van der Waals surface area contributed by atoms with E-state index in [9.17, 15) is 9.90 Å². The predicted octanol–water partition coefficient (Wildman–Crippen LogP) is 3.31. The second kappa shape index (κ2) is 3.23. The van der Waals surface area contributed by atoms with Crippen molar-refractivity contribution in [3.05, 3.63) is 0 Å². The molecule has 0 saturated heterocycles. The van der Waals surface area contributed by atoms with E-state index in [0.29, 0.717) is 11.3 Å². The lowest BCUT2D eigenvalue weighted by Gasteiger charge is -2.57. The first-order valence-corrected chi connectivity index (χ1v) is 6.12. The quantitative estimate of drug-likeness (QED) is 0.759. The largest absolute Gasteiger partial charge is 0.481 e. The number of fused-ring (bicyclic) bond motifs is 3. The molecule has 1 N–H and O–H groups in total. The van der Waals surface area contributed by atoms with Gasteiger partial charge in [-0.15, -0.1) is 0 Å². The highest BCUT2D eigenvalue weighted by molar-refractivity contribution is 5.71. The zero-order valence-corrected chi connectivity index (χ0v) is 10.0. The summed E-state index contributed by atoms with van der Waals surface area (Å²) in [6.07, 6.45) is 5.62. The van der Waals surface area contributed by atoms with Crippen molar-refractivity contribution >= 4 is 5.97 Å². The Labute approximate surface area is 92.1 Å². The number of hydrogen-bond acceptors (Lipinski definition) is 1. The molecule has 0 aliphatic heterocycles. The summed E-state index contributed by atoms with van der Waals surface area (Å²) in [7, 11) is 0. The third kappa shape index (κ3) is 1.49. The molecule has 0 aromatic rings. The Hall–Kier alpha value is -0.530. The lowest BCUT2D eigenvalue weighted by molar-refractivity contribution is -0.161. The maximum atomic E-state index is 11.3. The van der Waals surface area contributed by atoms with Gasteiger partial charge in [0.25, 0.3) is 0 Å². The van der Waals surface area contributed by atoms with Crippen molar-refractivity contribution in [2.45, 2.75) is 52.9 Å². The summed E-state index contributed by atoms with van der Waals surface area (Å²) in [5.74, 6) is -0.0338. The number of carboxylic acid groups (broad SMARTS) is 1. The molecule has 3 saturated carbocycles. The average Bonchev–Trinajstić information content (AvgIpc) is 2.18. The van der Waals surface area contributed by atoms with Crippen LogP contribution in [0.3, 0.4) is 0 Å². The molecule has 0 heterocycles. The van der Waals surface area contributed by atoms with Crippen LogP contribution >= 0.6 is 0 Å². The highest BCUT2D eigenvalue weighted by atomic mass is 16.4. The molecule has 2 heteroatoms. The monoisotopic (exact) mass is 210 g/mol. The Morgan fingerprint density at radius 2 is 1.80 bits per heavy atom. The maximum absolute atomic E-state index is 11.3. The van der Waals surface area contributed by atoms with E-state index in [1.807, 2.05) is 0 Å². The molecule has 1 atom stereocenters. The van der Waals surface area contributed by atoms with Crippen molar-refractivity contribution < 1.29 is 9.90 Å². The lowest BCUT2D eigenvalue weighted by Crippen LogP contribution is -2.51. The Balaban J connectivity index is 2.28. The molecule has 3 aliphatic rings. The van der Waals surface area contributed by atoms with Crippen molar-refractivity contribution in [3.63, 3.8) is 0 Å². The van der Waals surface area contributed by atoms with E-state index in [2.05, 4.69) is 20.8 Å². The maximum Gasteiger partial charge on any atom is 0.307 e. The first-order valence-electron chi connectivity index (χ1n) is 6.12. The fraction of sp³-hybridized carbons (Fsp3) is 0.923. The topological polar surface area (TPSA) is 37.3 Å². The second-order valence-corrected chi connectivity index (χ2v) is 6.27. The van der Waals surface area contributed by atoms with Crippen LogP contribution < -0.4 is 0 Å². The van der Waals surface area contributed by atoms with E-state index >= 15 is 0 Å². The Kier molecular flexibility index (Phi) is 2.36. The fourth-order valence-corrected chi connectivity index (χ4v) is 3.72. The Bertz CT molecular complexity index is 272. The van der Waals surface area contributed by atoms with Gasteiger partial charge in [0.15, 0.2) is 0 Å². The van der Waals surface area contributed by atoms with E-state index in [-0.39, 0.29) is 11.3 Å². The van der Waals surface area contributed by atoms with Crippen molar-refractivity contribution in [1.29, 1.82) is 0 Å². The summed E-state index contributed by atoms with van der Waals surface area (Å²) in [6, 6.07) is 0. The minimum Gasteiger partial charge on any atom is -0.481 e. The summed E-state index contributed by atoms with van der Waals surface area (Å²) in [5, 5.41) is 9.32. The lowest BCUT2D eigenvalue weighted by atomic mass is 9.47. The molecule has 15 heavy (non-hydrogen) atoms. The molecule has 1 unspecified atom stereocenters. The predicted molar refractivity (Wildman–Crippen MR) is 59.6 cm³/mol. The number of carbonyl (C=O) groups is 1. The summed E-state index contributed by atoms with van der Waals surface area (Å²) in [5.41, 5.74) is 0.420. The van der Waals surface area contributed by atoms with Gasteiger partial charge in [0.05, 0.1) is 5.92 Å². The molecule has 2 nitrogen and oxygen atoms in total. The van der Waals surface area contributed by atoms with Crippen molar-refractivity contribution in [3.8, 4) is 0 Å². The molecule has 0 amide bonds. The summed E-state index contributed by atoms with van der Waals surface area (Å²) >= 11 is 0. The first-order chi connectivity index (χ1) is 6.90. The molecule has 3 fully saturated rings. The summed E-state index contributed by atoms with van der Waals surface area (Å²) in [4.78, 5) is 11.3. The smallest absolute Gasteiger partial charge is 0.307 e. The molecular formula is C13H22O2. The van der Waals surface area contributed by atoms with E-state index < -0.39 is 5.97 Å². The zero-order chi connectivity index (χ0) is 11.3. The van der Waals surface area contributed by atoms with Crippen molar-refractivity contribution in [2.24, 2.45) is 22.7 Å². The van der Waals surface area contributed by atoms with Gasteiger partial charge in [-0.05, 0) is 48.9 Å². The number of rotatable bonds is 2. The van der Waals surface area contributed by atoms with Gasteiger partial charge in [0.2, 0.25) is 0 Å². The van der Waals surface area contributed by atoms with Crippen molar-refractivity contribution in [2.75, 3.05) is 0 Å². The van der Waals surface area contributed by atoms with Gasteiger partial charge in [-0.2, -0.15) is 0 Å². The van der Waals surface area contributed by atoms with Gasteiger partial charge < -0.3 is 5.11 Å².